The number of hydrogen-bond acceptors (Lipinski definition) is 3. The van der Waals surface area contributed by atoms with Gasteiger partial charge in [0.1, 0.15) is 5.65 Å². The van der Waals surface area contributed by atoms with Crippen LogP contribution in [0.25, 0.3) is 5.65 Å². The van der Waals surface area contributed by atoms with Crippen LogP contribution in [0.15, 0.2) is 30.6 Å². The highest BCUT2D eigenvalue weighted by Gasteiger charge is 2.10. The number of fused-ring (bicyclic) bond motifs is 1. The minimum atomic E-state index is 0.0598. The molecular weight excluding hydrogens is 276 g/mol. The number of rotatable bonds is 7. The van der Waals surface area contributed by atoms with Gasteiger partial charge in [-0.15, -0.1) is 0 Å². The molecule has 3 rings (SSSR count). The molecule has 22 heavy (non-hydrogen) atoms. The number of likely N-dealkylation sites (tertiary alicyclic amines) is 1. The van der Waals surface area contributed by atoms with Gasteiger partial charge in [-0.25, -0.2) is 4.98 Å². The fourth-order valence-electron chi connectivity index (χ4n) is 2.99. The van der Waals surface area contributed by atoms with E-state index in [-0.39, 0.29) is 5.91 Å². The number of amides is 1. The molecule has 0 aromatic carbocycles. The van der Waals surface area contributed by atoms with E-state index in [0.717, 1.165) is 30.7 Å². The molecule has 1 N–H and O–H groups in total. The minimum Gasteiger partial charge on any atom is -0.356 e. The lowest BCUT2D eigenvalue weighted by atomic mass is 10.2. The van der Waals surface area contributed by atoms with E-state index in [1.165, 1.54) is 32.5 Å². The second-order valence-corrected chi connectivity index (χ2v) is 5.98. The van der Waals surface area contributed by atoms with E-state index in [0.29, 0.717) is 6.42 Å². The quantitative estimate of drug-likeness (QED) is 0.794. The Balaban J connectivity index is 1.35. The number of aromatic nitrogens is 2. The van der Waals surface area contributed by atoms with Gasteiger partial charge < -0.3 is 14.6 Å². The van der Waals surface area contributed by atoms with Crippen molar-refractivity contribution in [2.45, 2.75) is 32.1 Å². The summed E-state index contributed by atoms with van der Waals surface area (Å²) >= 11 is 0. The standard InChI is InChI=1S/C17H24N4O/c22-17(18-8-2-4-9-20-10-5-6-11-20)13-15-14-21-12-3-1-7-16(21)19-15/h1,3,7,12,14H,2,4-6,8-11,13H2,(H,18,22). The van der Waals surface area contributed by atoms with Crippen molar-refractivity contribution in [3.05, 3.63) is 36.3 Å². The van der Waals surface area contributed by atoms with Gasteiger partial charge in [0.25, 0.3) is 0 Å². The van der Waals surface area contributed by atoms with Crippen LogP contribution in [0.3, 0.4) is 0 Å². The van der Waals surface area contributed by atoms with E-state index in [2.05, 4.69) is 15.2 Å². The molecule has 3 heterocycles. The molecule has 0 spiro atoms. The number of carbonyl (C=O) groups is 1. The first kappa shape index (κ1) is 15.0. The van der Waals surface area contributed by atoms with Gasteiger partial charge in [-0.2, -0.15) is 0 Å². The molecule has 0 aliphatic carbocycles. The molecular formula is C17H24N4O. The number of hydrogen-bond donors (Lipinski definition) is 1. The van der Waals surface area contributed by atoms with Crippen LogP contribution in [-0.4, -0.2) is 46.4 Å². The van der Waals surface area contributed by atoms with E-state index in [4.69, 9.17) is 0 Å². The van der Waals surface area contributed by atoms with Crippen LogP contribution in [0, 0.1) is 0 Å². The molecule has 2 aromatic rings. The normalized spacial score (nSPS) is 15.5. The summed E-state index contributed by atoms with van der Waals surface area (Å²) in [5.41, 5.74) is 1.71. The summed E-state index contributed by atoms with van der Waals surface area (Å²) in [6.45, 7) is 4.43. The third-order valence-electron chi connectivity index (χ3n) is 4.18. The summed E-state index contributed by atoms with van der Waals surface area (Å²) in [5.74, 6) is 0.0598. The van der Waals surface area contributed by atoms with Crippen LogP contribution in [0.5, 0.6) is 0 Å². The van der Waals surface area contributed by atoms with Crippen LogP contribution in [0.4, 0.5) is 0 Å². The average Bonchev–Trinajstić information content (AvgIpc) is 3.15. The molecule has 5 nitrogen and oxygen atoms in total. The van der Waals surface area contributed by atoms with Crippen LogP contribution < -0.4 is 5.32 Å². The van der Waals surface area contributed by atoms with Crippen LogP contribution in [0.1, 0.15) is 31.4 Å². The summed E-state index contributed by atoms with van der Waals surface area (Å²) in [6.07, 6.45) is 9.12. The first-order valence-corrected chi connectivity index (χ1v) is 8.23. The summed E-state index contributed by atoms with van der Waals surface area (Å²) in [7, 11) is 0. The summed E-state index contributed by atoms with van der Waals surface area (Å²) < 4.78 is 1.94. The molecule has 118 valence electrons. The number of imidazole rings is 1. The molecule has 1 amide bonds. The van der Waals surface area contributed by atoms with Gasteiger partial charge in [0.2, 0.25) is 5.91 Å². The van der Waals surface area contributed by atoms with Gasteiger partial charge in [-0.3, -0.25) is 4.79 Å². The Bertz CT molecular complexity index is 583. The van der Waals surface area contributed by atoms with Gasteiger partial charge >= 0.3 is 0 Å². The number of nitrogens with one attached hydrogen (secondary N) is 1. The zero-order chi connectivity index (χ0) is 15.2. The molecule has 0 unspecified atom stereocenters. The molecule has 5 heteroatoms. The van der Waals surface area contributed by atoms with Gasteiger partial charge in [-0.1, -0.05) is 6.07 Å². The lowest BCUT2D eigenvalue weighted by Crippen LogP contribution is -2.27. The summed E-state index contributed by atoms with van der Waals surface area (Å²) in [6, 6.07) is 5.85. The van der Waals surface area contributed by atoms with Gasteiger partial charge in [0.15, 0.2) is 0 Å². The molecule has 1 fully saturated rings. The SMILES string of the molecule is O=C(Cc1cn2ccccc2n1)NCCCCN1CCCC1. The Morgan fingerprint density at radius 1 is 1.23 bits per heavy atom. The summed E-state index contributed by atoms with van der Waals surface area (Å²) in [5, 5.41) is 2.99. The Hall–Kier alpha value is -1.88. The van der Waals surface area contributed by atoms with Crippen LogP contribution in [0.2, 0.25) is 0 Å². The molecule has 1 saturated heterocycles. The number of unbranched alkanes of at least 4 members (excludes halogenated alkanes) is 1. The highest BCUT2D eigenvalue weighted by atomic mass is 16.1. The molecule has 0 atom stereocenters. The first-order valence-electron chi connectivity index (χ1n) is 8.23. The Labute approximate surface area is 131 Å². The molecule has 1 aliphatic rings. The van der Waals surface area contributed by atoms with Gasteiger partial charge in [-0.05, 0) is 57.5 Å². The zero-order valence-electron chi connectivity index (χ0n) is 13.0. The fraction of sp³-hybridized carbons (Fsp3) is 0.529. The van der Waals surface area contributed by atoms with Crippen molar-refractivity contribution < 1.29 is 4.79 Å². The number of pyridine rings is 1. The molecule has 2 aromatic heterocycles. The smallest absolute Gasteiger partial charge is 0.226 e. The van der Waals surface area contributed by atoms with E-state index in [1.54, 1.807) is 0 Å². The summed E-state index contributed by atoms with van der Waals surface area (Å²) in [4.78, 5) is 18.9. The van der Waals surface area contributed by atoms with Crippen molar-refractivity contribution in [3.63, 3.8) is 0 Å². The van der Waals surface area contributed by atoms with Crippen molar-refractivity contribution in [2.75, 3.05) is 26.2 Å². The van der Waals surface area contributed by atoms with E-state index < -0.39 is 0 Å². The molecule has 1 aliphatic heterocycles. The second-order valence-electron chi connectivity index (χ2n) is 5.98. The highest BCUT2D eigenvalue weighted by molar-refractivity contribution is 5.78. The van der Waals surface area contributed by atoms with Gasteiger partial charge in [0.05, 0.1) is 12.1 Å². The third-order valence-corrected chi connectivity index (χ3v) is 4.18. The lowest BCUT2D eigenvalue weighted by Gasteiger charge is -2.13. The lowest BCUT2D eigenvalue weighted by molar-refractivity contribution is -0.120. The van der Waals surface area contributed by atoms with Crippen LogP contribution >= 0.6 is 0 Å². The Morgan fingerprint density at radius 3 is 2.91 bits per heavy atom. The number of carbonyl (C=O) groups excluding carboxylic acids is 1. The van der Waals surface area contributed by atoms with Crippen molar-refractivity contribution in [1.82, 2.24) is 19.6 Å². The second kappa shape index (κ2) is 7.40. The highest BCUT2D eigenvalue weighted by Crippen LogP contribution is 2.08. The molecule has 0 saturated carbocycles. The van der Waals surface area contributed by atoms with E-state index in [9.17, 15) is 4.79 Å². The maximum absolute atomic E-state index is 11.9. The average molecular weight is 300 g/mol. The first-order chi connectivity index (χ1) is 10.8. The monoisotopic (exact) mass is 300 g/mol. The minimum absolute atomic E-state index is 0.0598. The zero-order valence-corrected chi connectivity index (χ0v) is 13.0. The fourth-order valence-corrected chi connectivity index (χ4v) is 2.99. The predicted octanol–water partition coefficient (Wildman–Crippen LogP) is 1.87. The predicted molar refractivity (Wildman–Crippen MR) is 86.8 cm³/mol. The largest absolute Gasteiger partial charge is 0.356 e. The maximum atomic E-state index is 11.9. The Kier molecular flexibility index (Phi) is 5.06. The molecule has 0 radical (unpaired) electrons. The van der Waals surface area contributed by atoms with Crippen molar-refractivity contribution >= 4 is 11.6 Å². The Morgan fingerprint density at radius 2 is 2.09 bits per heavy atom. The van der Waals surface area contributed by atoms with E-state index >= 15 is 0 Å². The number of nitrogens with zero attached hydrogens (tertiary/aromatic N) is 3. The van der Waals surface area contributed by atoms with Crippen molar-refractivity contribution in [2.24, 2.45) is 0 Å². The van der Waals surface area contributed by atoms with Gasteiger partial charge in [0, 0.05) is 18.9 Å². The maximum Gasteiger partial charge on any atom is 0.226 e. The molecule has 0 bridgehead atoms. The topological polar surface area (TPSA) is 49.6 Å². The van der Waals surface area contributed by atoms with Crippen molar-refractivity contribution in [3.8, 4) is 0 Å². The van der Waals surface area contributed by atoms with Crippen LogP contribution in [-0.2, 0) is 11.2 Å². The van der Waals surface area contributed by atoms with E-state index in [1.807, 2.05) is 35.0 Å². The van der Waals surface area contributed by atoms with Crippen molar-refractivity contribution in [1.29, 1.82) is 0 Å². The third kappa shape index (κ3) is 4.07.